The van der Waals surface area contributed by atoms with Gasteiger partial charge >= 0.3 is 5.97 Å². The zero-order valence-corrected chi connectivity index (χ0v) is 9.14. The molecule has 0 spiro atoms. The summed E-state index contributed by atoms with van der Waals surface area (Å²) in [6.45, 7) is 0.454. The summed E-state index contributed by atoms with van der Waals surface area (Å²) in [5, 5.41) is 0. The van der Waals surface area contributed by atoms with Crippen molar-refractivity contribution >= 4 is 12.3 Å². The molecule has 0 saturated carbocycles. The lowest BCUT2D eigenvalue weighted by molar-refractivity contribution is -0.140. The average molecular weight is 222 g/mol. The molecule has 0 unspecified atom stereocenters. The Morgan fingerprint density at radius 1 is 1.31 bits per heavy atom. The Morgan fingerprint density at radius 2 is 2.00 bits per heavy atom. The van der Waals surface area contributed by atoms with Crippen LogP contribution < -0.4 is 4.74 Å². The summed E-state index contributed by atoms with van der Waals surface area (Å²) in [4.78, 5) is 21.2. The monoisotopic (exact) mass is 222 g/mol. The van der Waals surface area contributed by atoms with Gasteiger partial charge in [-0.1, -0.05) is 0 Å². The Kier molecular flexibility index (Phi) is 5.05. The van der Waals surface area contributed by atoms with Crippen LogP contribution in [-0.4, -0.2) is 26.0 Å². The van der Waals surface area contributed by atoms with E-state index in [0.717, 1.165) is 6.29 Å². The molecule has 0 atom stereocenters. The molecule has 0 bridgehead atoms. The molecule has 1 aromatic rings. The number of hydrogen-bond donors (Lipinski definition) is 0. The van der Waals surface area contributed by atoms with Crippen molar-refractivity contribution in [1.29, 1.82) is 0 Å². The first-order valence-electron chi connectivity index (χ1n) is 5.01. The fraction of sp³-hybridized carbons (Fsp3) is 0.333. The smallest absolute Gasteiger partial charge is 0.305 e. The second-order valence-electron chi connectivity index (χ2n) is 3.22. The summed E-state index contributed by atoms with van der Waals surface area (Å²) in [7, 11) is 1.36. The Morgan fingerprint density at radius 3 is 2.56 bits per heavy atom. The van der Waals surface area contributed by atoms with Crippen LogP contribution in [0.1, 0.15) is 23.2 Å². The van der Waals surface area contributed by atoms with Gasteiger partial charge in [0, 0.05) is 12.0 Å². The van der Waals surface area contributed by atoms with Gasteiger partial charge in [-0.25, -0.2) is 0 Å². The predicted octanol–water partition coefficient (Wildman–Crippen LogP) is 1.83. The molecule has 0 saturated heterocycles. The van der Waals surface area contributed by atoms with Crippen LogP contribution in [-0.2, 0) is 9.53 Å². The lowest BCUT2D eigenvalue weighted by Gasteiger charge is -2.05. The molecule has 4 heteroatoms. The molecule has 86 valence electrons. The summed E-state index contributed by atoms with van der Waals surface area (Å²) in [6, 6.07) is 6.81. The van der Waals surface area contributed by atoms with Crippen LogP contribution in [0.3, 0.4) is 0 Å². The van der Waals surface area contributed by atoms with E-state index in [1.54, 1.807) is 24.3 Å². The van der Waals surface area contributed by atoms with Crippen molar-refractivity contribution in [2.24, 2.45) is 0 Å². The highest BCUT2D eigenvalue weighted by atomic mass is 16.5. The minimum atomic E-state index is -0.236. The third-order valence-electron chi connectivity index (χ3n) is 2.04. The second-order valence-corrected chi connectivity index (χ2v) is 3.22. The standard InChI is InChI=1S/C12H14O4/c1-15-12(14)3-2-8-16-11-6-4-10(9-13)5-7-11/h4-7,9H,2-3,8H2,1H3. The quantitative estimate of drug-likeness (QED) is 0.418. The van der Waals surface area contributed by atoms with Crippen LogP contribution in [0.2, 0.25) is 0 Å². The van der Waals surface area contributed by atoms with Gasteiger partial charge in [-0.05, 0) is 30.7 Å². The highest BCUT2D eigenvalue weighted by Gasteiger charge is 2.00. The minimum absolute atomic E-state index is 0.236. The number of ether oxygens (including phenoxy) is 2. The van der Waals surface area contributed by atoms with Crippen molar-refractivity contribution in [3.8, 4) is 5.75 Å². The minimum Gasteiger partial charge on any atom is -0.494 e. The van der Waals surface area contributed by atoms with E-state index in [1.807, 2.05) is 0 Å². The lowest BCUT2D eigenvalue weighted by Crippen LogP contribution is -2.04. The first-order valence-corrected chi connectivity index (χ1v) is 5.01. The summed E-state index contributed by atoms with van der Waals surface area (Å²) in [5.41, 5.74) is 0.613. The molecular formula is C12H14O4. The molecule has 0 N–H and O–H groups in total. The number of methoxy groups -OCH3 is 1. The third-order valence-corrected chi connectivity index (χ3v) is 2.04. The van der Waals surface area contributed by atoms with E-state index >= 15 is 0 Å². The van der Waals surface area contributed by atoms with Crippen molar-refractivity contribution in [3.63, 3.8) is 0 Å². The van der Waals surface area contributed by atoms with Crippen molar-refractivity contribution in [3.05, 3.63) is 29.8 Å². The fourth-order valence-corrected chi connectivity index (χ4v) is 1.15. The first kappa shape index (κ1) is 12.2. The first-order chi connectivity index (χ1) is 7.76. The highest BCUT2D eigenvalue weighted by Crippen LogP contribution is 2.11. The third kappa shape index (κ3) is 4.13. The van der Waals surface area contributed by atoms with E-state index in [1.165, 1.54) is 7.11 Å². The molecule has 0 aliphatic rings. The van der Waals surface area contributed by atoms with E-state index < -0.39 is 0 Å². The van der Waals surface area contributed by atoms with Crippen LogP contribution in [0.5, 0.6) is 5.75 Å². The molecule has 0 aliphatic heterocycles. The largest absolute Gasteiger partial charge is 0.494 e. The van der Waals surface area contributed by atoms with Crippen molar-refractivity contribution in [1.82, 2.24) is 0 Å². The predicted molar refractivity (Wildman–Crippen MR) is 58.6 cm³/mol. The van der Waals surface area contributed by atoms with Crippen LogP contribution in [0.4, 0.5) is 0 Å². The Balaban J connectivity index is 2.26. The summed E-state index contributed by atoms with van der Waals surface area (Å²) < 4.78 is 9.88. The Bertz CT molecular complexity index is 343. The maximum Gasteiger partial charge on any atom is 0.305 e. The van der Waals surface area contributed by atoms with E-state index in [9.17, 15) is 9.59 Å². The molecule has 1 rings (SSSR count). The molecule has 0 amide bonds. The van der Waals surface area contributed by atoms with E-state index in [2.05, 4.69) is 4.74 Å². The molecule has 0 radical (unpaired) electrons. The van der Waals surface area contributed by atoms with Crippen LogP contribution in [0.25, 0.3) is 0 Å². The van der Waals surface area contributed by atoms with Gasteiger partial charge in [0.1, 0.15) is 12.0 Å². The highest BCUT2D eigenvalue weighted by molar-refractivity contribution is 5.74. The molecule has 4 nitrogen and oxygen atoms in total. The van der Waals surface area contributed by atoms with Crippen LogP contribution in [0, 0.1) is 0 Å². The molecular weight excluding hydrogens is 208 g/mol. The van der Waals surface area contributed by atoms with Crippen LogP contribution in [0.15, 0.2) is 24.3 Å². The van der Waals surface area contributed by atoms with Gasteiger partial charge in [0.05, 0.1) is 13.7 Å². The zero-order chi connectivity index (χ0) is 11.8. The topological polar surface area (TPSA) is 52.6 Å². The molecule has 0 heterocycles. The number of esters is 1. The fourth-order valence-electron chi connectivity index (χ4n) is 1.15. The molecule has 0 fully saturated rings. The maximum absolute atomic E-state index is 10.8. The van der Waals surface area contributed by atoms with Gasteiger partial charge in [-0.2, -0.15) is 0 Å². The summed E-state index contributed by atoms with van der Waals surface area (Å²) in [5.74, 6) is 0.454. The number of carbonyl (C=O) groups excluding carboxylic acids is 2. The van der Waals surface area contributed by atoms with Crippen molar-refractivity contribution in [2.75, 3.05) is 13.7 Å². The molecule has 0 aromatic heterocycles. The SMILES string of the molecule is COC(=O)CCCOc1ccc(C=O)cc1. The number of rotatable bonds is 6. The number of aldehydes is 1. The van der Waals surface area contributed by atoms with Crippen molar-refractivity contribution < 1.29 is 19.1 Å². The number of carbonyl (C=O) groups is 2. The summed E-state index contributed by atoms with van der Waals surface area (Å²) >= 11 is 0. The Labute approximate surface area is 94.2 Å². The average Bonchev–Trinajstić information content (AvgIpc) is 2.35. The molecule has 1 aromatic carbocycles. The van der Waals surface area contributed by atoms with Crippen molar-refractivity contribution in [2.45, 2.75) is 12.8 Å². The van der Waals surface area contributed by atoms with Gasteiger partial charge in [-0.3, -0.25) is 9.59 Å². The Hall–Kier alpha value is -1.84. The van der Waals surface area contributed by atoms with Gasteiger partial charge in [-0.15, -0.1) is 0 Å². The maximum atomic E-state index is 10.8. The van der Waals surface area contributed by atoms with Crippen LogP contribution >= 0.6 is 0 Å². The van der Waals surface area contributed by atoms with E-state index in [-0.39, 0.29) is 5.97 Å². The lowest BCUT2D eigenvalue weighted by atomic mass is 10.2. The molecule has 0 aliphatic carbocycles. The zero-order valence-electron chi connectivity index (χ0n) is 9.14. The van der Waals surface area contributed by atoms with Gasteiger partial charge < -0.3 is 9.47 Å². The number of hydrogen-bond acceptors (Lipinski definition) is 4. The second kappa shape index (κ2) is 6.61. The van der Waals surface area contributed by atoms with E-state index in [4.69, 9.17) is 4.74 Å². The normalized spacial score (nSPS) is 9.56. The van der Waals surface area contributed by atoms with E-state index in [0.29, 0.717) is 30.8 Å². The van der Waals surface area contributed by atoms with Gasteiger partial charge in [0.2, 0.25) is 0 Å². The number of benzene rings is 1. The van der Waals surface area contributed by atoms with Gasteiger partial charge in [0.15, 0.2) is 0 Å². The summed E-state index contributed by atoms with van der Waals surface area (Å²) in [6.07, 6.45) is 1.74. The van der Waals surface area contributed by atoms with Gasteiger partial charge in [0.25, 0.3) is 0 Å². The molecule has 16 heavy (non-hydrogen) atoms.